The first-order valence-corrected chi connectivity index (χ1v) is 13.6. The monoisotopic (exact) mass is 560 g/mol. The van der Waals surface area contributed by atoms with Crippen LogP contribution in [-0.4, -0.2) is 91.5 Å². The Hall–Kier alpha value is -3.52. The Morgan fingerprint density at radius 1 is 1.21 bits per heavy atom. The van der Waals surface area contributed by atoms with Gasteiger partial charge in [0.05, 0.1) is 25.8 Å². The minimum Gasteiger partial charge on any atom is -0.493 e. The van der Waals surface area contributed by atoms with E-state index in [0.717, 1.165) is 50.3 Å². The van der Waals surface area contributed by atoms with E-state index in [0.29, 0.717) is 28.5 Å². The number of ether oxygens (including phenoxy) is 1. The number of nitrogens with zero attached hydrogens (tertiary/aromatic N) is 7. The summed E-state index contributed by atoms with van der Waals surface area (Å²) in [7, 11) is 1.47. The van der Waals surface area contributed by atoms with Crippen molar-refractivity contribution < 1.29 is 22.7 Å². The molecule has 4 aromatic heterocycles. The number of hydrogen-bond donors (Lipinski definition) is 1. The molecule has 39 heavy (non-hydrogen) atoms. The van der Waals surface area contributed by atoms with Crippen LogP contribution in [-0.2, 0) is 11.2 Å². The topological polar surface area (TPSA) is 105 Å². The second-order valence-corrected chi connectivity index (χ2v) is 11.0. The molecule has 0 aromatic carbocycles. The minimum absolute atomic E-state index is 0.0178. The van der Waals surface area contributed by atoms with Crippen molar-refractivity contribution in [2.24, 2.45) is 0 Å². The number of halogens is 3. The van der Waals surface area contributed by atoms with Gasteiger partial charge in [-0.1, -0.05) is 0 Å². The molecule has 0 unspecified atom stereocenters. The molecule has 0 bridgehead atoms. The van der Waals surface area contributed by atoms with Crippen LogP contribution < -0.4 is 4.74 Å². The normalized spacial score (nSPS) is 17.1. The molecule has 206 valence electrons. The van der Waals surface area contributed by atoms with Crippen LogP contribution in [0.5, 0.6) is 5.75 Å². The predicted octanol–water partition coefficient (Wildman–Crippen LogP) is 3.77. The van der Waals surface area contributed by atoms with Gasteiger partial charge in [-0.2, -0.15) is 23.4 Å². The van der Waals surface area contributed by atoms with Gasteiger partial charge in [-0.05, 0) is 44.3 Å². The van der Waals surface area contributed by atoms with Crippen LogP contribution in [0.25, 0.3) is 27.6 Å². The zero-order valence-electron chi connectivity index (χ0n) is 21.2. The van der Waals surface area contributed by atoms with E-state index in [1.165, 1.54) is 29.3 Å². The first-order valence-electron chi connectivity index (χ1n) is 12.8. The number of rotatable bonds is 7. The van der Waals surface area contributed by atoms with Crippen LogP contribution in [0, 0.1) is 0 Å². The Morgan fingerprint density at radius 2 is 2.00 bits per heavy atom. The Bertz CT molecular complexity index is 1480. The molecule has 1 amide bonds. The quantitative estimate of drug-likeness (QED) is 0.367. The van der Waals surface area contributed by atoms with E-state index in [1.807, 2.05) is 4.90 Å². The molecular weight excluding hydrogens is 533 g/mol. The Kier molecular flexibility index (Phi) is 6.75. The highest BCUT2D eigenvalue weighted by atomic mass is 32.1. The number of methoxy groups -OCH3 is 1. The third-order valence-electron chi connectivity index (χ3n) is 7.38. The zero-order chi connectivity index (χ0) is 27.1. The summed E-state index contributed by atoms with van der Waals surface area (Å²) in [6.07, 6.45) is 1.90. The second kappa shape index (κ2) is 10.2. The fourth-order valence-corrected chi connectivity index (χ4v) is 6.26. The number of aromatic amines is 1. The molecule has 2 fully saturated rings. The van der Waals surface area contributed by atoms with Crippen molar-refractivity contribution in [3.8, 4) is 27.7 Å². The lowest BCUT2D eigenvalue weighted by atomic mass is 9.96. The number of carbonyl (C=O) groups is 1. The SMILES string of the molecule is COc1cc(-c2[nH]nc(-c3ncc(C4CCN(CC(=O)N5CCC5)CC4)s3)c2CC(F)(F)F)cn2ncnc12. The molecule has 4 aromatic rings. The number of nitrogens with one attached hydrogen (secondary N) is 1. The maximum Gasteiger partial charge on any atom is 0.393 e. The van der Waals surface area contributed by atoms with Crippen LogP contribution in [0.1, 0.15) is 35.6 Å². The van der Waals surface area contributed by atoms with Crippen molar-refractivity contribution in [3.05, 3.63) is 35.2 Å². The number of hydrogen-bond acceptors (Lipinski definition) is 8. The summed E-state index contributed by atoms with van der Waals surface area (Å²) >= 11 is 1.38. The molecule has 1 N–H and O–H groups in total. The molecule has 2 aliphatic rings. The lowest BCUT2D eigenvalue weighted by molar-refractivity contribution is -0.136. The highest BCUT2D eigenvalue weighted by Gasteiger charge is 2.34. The average Bonchev–Trinajstić information content (AvgIpc) is 3.61. The average molecular weight is 561 g/mol. The van der Waals surface area contributed by atoms with E-state index >= 15 is 0 Å². The fraction of sp³-hybridized carbons (Fsp3) is 0.480. The van der Waals surface area contributed by atoms with Crippen molar-refractivity contribution in [2.45, 2.75) is 37.8 Å². The summed E-state index contributed by atoms with van der Waals surface area (Å²) in [6.45, 7) is 3.76. The number of thiazole rings is 1. The molecule has 0 saturated carbocycles. The number of aromatic nitrogens is 6. The second-order valence-electron chi connectivity index (χ2n) is 9.90. The molecule has 0 aliphatic carbocycles. The highest BCUT2D eigenvalue weighted by molar-refractivity contribution is 7.15. The highest BCUT2D eigenvalue weighted by Crippen LogP contribution is 2.40. The molecule has 6 rings (SSSR count). The molecule has 0 atom stereocenters. The van der Waals surface area contributed by atoms with Gasteiger partial charge >= 0.3 is 6.18 Å². The number of likely N-dealkylation sites (tertiary alicyclic amines) is 2. The molecule has 14 heteroatoms. The van der Waals surface area contributed by atoms with Gasteiger partial charge in [-0.15, -0.1) is 11.3 Å². The van der Waals surface area contributed by atoms with E-state index in [1.54, 1.807) is 18.5 Å². The van der Waals surface area contributed by atoms with Gasteiger partial charge in [-0.3, -0.25) is 14.8 Å². The summed E-state index contributed by atoms with van der Waals surface area (Å²) in [6, 6.07) is 1.62. The van der Waals surface area contributed by atoms with E-state index in [2.05, 4.69) is 30.2 Å². The molecule has 0 spiro atoms. The van der Waals surface area contributed by atoms with Crippen LogP contribution >= 0.6 is 11.3 Å². The number of carbonyl (C=O) groups excluding carboxylic acids is 1. The van der Waals surface area contributed by atoms with Crippen LogP contribution in [0.2, 0.25) is 0 Å². The Balaban J connectivity index is 1.24. The lowest BCUT2D eigenvalue weighted by Crippen LogP contribution is -2.48. The molecule has 10 nitrogen and oxygen atoms in total. The van der Waals surface area contributed by atoms with Gasteiger partial charge < -0.3 is 9.64 Å². The van der Waals surface area contributed by atoms with E-state index in [-0.39, 0.29) is 28.8 Å². The summed E-state index contributed by atoms with van der Waals surface area (Å²) in [5, 5.41) is 11.6. The van der Waals surface area contributed by atoms with Crippen molar-refractivity contribution in [1.82, 2.24) is 39.6 Å². The van der Waals surface area contributed by atoms with Crippen molar-refractivity contribution in [1.29, 1.82) is 0 Å². The van der Waals surface area contributed by atoms with Crippen molar-refractivity contribution in [3.63, 3.8) is 0 Å². The number of pyridine rings is 1. The summed E-state index contributed by atoms with van der Waals surface area (Å²) in [4.78, 5) is 26.0. The van der Waals surface area contributed by atoms with Gasteiger partial charge in [-0.25, -0.2) is 14.5 Å². The molecule has 6 heterocycles. The van der Waals surface area contributed by atoms with Crippen LogP contribution in [0.15, 0.2) is 24.8 Å². The Labute approximate surface area is 225 Å². The largest absolute Gasteiger partial charge is 0.493 e. The number of fused-ring (bicyclic) bond motifs is 1. The van der Waals surface area contributed by atoms with Gasteiger partial charge in [0.25, 0.3) is 0 Å². The Morgan fingerprint density at radius 3 is 2.69 bits per heavy atom. The van der Waals surface area contributed by atoms with Crippen LogP contribution in [0.3, 0.4) is 0 Å². The van der Waals surface area contributed by atoms with Gasteiger partial charge in [0.1, 0.15) is 17.0 Å². The standard InChI is InChI=1S/C25H27F3N8O2S/c1-38-18-9-16(12-36-23(18)30-14-31-36)21-17(10-25(26,27)28)22(33-32-21)24-29-11-19(39-24)15-3-7-34(8-4-15)13-20(37)35-5-2-6-35/h9,11-12,14-15H,2-8,10,13H2,1H3,(H,32,33). The van der Waals surface area contributed by atoms with E-state index in [9.17, 15) is 18.0 Å². The molecule has 0 radical (unpaired) electrons. The number of piperidine rings is 1. The first-order chi connectivity index (χ1) is 18.8. The summed E-state index contributed by atoms with van der Waals surface area (Å²) in [5.41, 5.74) is 1.34. The maximum absolute atomic E-state index is 13.7. The fourth-order valence-electron chi connectivity index (χ4n) is 5.15. The smallest absolute Gasteiger partial charge is 0.393 e. The molecule has 2 saturated heterocycles. The third-order valence-corrected chi connectivity index (χ3v) is 8.54. The third kappa shape index (κ3) is 5.22. The van der Waals surface area contributed by atoms with Gasteiger partial charge in [0.2, 0.25) is 5.91 Å². The molecular formula is C25H27F3N8O2S. The summed E-state index contributed by atoms with van der Waals surface area (Å²) < 4.78 is 48.0. The number of H-pyrrole nitrogens is 1. The van der Waals surface area contributed by atoms with Crippen molar-refractivity contribution >= 4 is 22.9 Å². The lowest BCUT2D eigenvalue weighted by Gasteiger charge is -2.35. The van der Waals surface area contributed by atoms with Gasteiger partial charge in [0, 0.05) is 41.5 Å². The van der Waals surface area contributed by atoms with E-state index in [4.69, 9.17) is 4.74 Å². The maximum atomic E-state index is 13.7. The van der Waals surface area contributed by atoms with Crippen molar-refractivity contribution in [2.75, 3.05) is 39.8 Å². The predicted molar refractivity (Wildman–Crippen MR) is 138 cm³/mol. The zero-order valence-corrected chi connectivity index (χ0v) is 22.1. The molecule has 2 aliphatic heterocycles. The number of amides is 1. The van der Waals surface area contributed by atoms with E-state index < -0.39 is 12.6 Å². The number of alkyl halides is 3. The first kappa shape index (κ1) is 25.7. The summed E-state index contributed by atoms with van der Waals surface area (Å²) in [5.74, 6) is 0.815. The van der Waals surface area contributed by atoms with Crippen LogP contribution in [0.4, 0.5) is 13.2 Å². The van der Waals surface area contributed by atoms with Gasteiger partial charge in [0.15, 0.2) is 11.4 Å². The minimum atomic E-state index is -4.45.